The lowest BCUT2D eigenvalue weighted by Crippen LogP contribution is -2.30. The standard InChI is InChI=1S/C16H20N6O/c1-11-7-17-8-13(21-11)4-5-18-16(23)22-14-9-19-15(20-10-14)6-12-2-3-12/h7-10,12H,2-6H2,1H3,(H2,18,22,23). The second-order valence-electron chi connectivity index (χ2n) is 5.82. The summed E-state index contributed by atoms with van der Waals surface area (Å²) >= 11 is 0. The van der Waals surface area contributed by atoms with Crippen LogP contribution in [0.25, 0.3) is 0 Å². The molecule has 2 aromatic heterocycles. The van der Waals surface area contributed by atoms with Crippen molar-refractivity contribution in [1.29, 1.82) is 0 Å². The second kappa shape index (κ2) is 7.13. The maximum Gasteiger partial charge on any atom is 0.319 e. The number of hydrogen-bond donors (Lipinski definition) is 2. The van der Waals surface area contributed by atoms with E-state index in [-0.39, 0.29) is 6.03 Å². The number of urea groups is 1. The molecule has 2 amide bonds. The lowest BCUT2D eigenvalue weighted by molar-refractivity contribution is 0.252. The van der Waals surface area contributed by atoms with Gasteiger partial charge in [-0.1, -0.05) is 0 Å². The van der Waals surface area contributed by atoms with Crippen molar-refractivity contribution < 1.29 is 4.79 Å². The highest BCUT2D eigenvalue weighted by Crippen LogP contribution is 2.31. The van der Waals surface area contributed by atoms with E-state index in [0.717, 1.165) is 29.6 Å². The topological polar surface area (TPSA) is 92.7 Å². The van der Waals surface area contributed by atoms with E-state index in [1.165, 1.54) is 12.8 Å². The van der Waals surface area contributed by atoms with E-state index in [2.05, 4.69) is 30.6 Å². The predicted octanol–water partition coefficient (Wildman–Crippen LogP) is 1.89. The third kappa shape index (κ3) is 4.98. The molecule has 1 fully saturated rings. The molecule has 0 aromatic carbocycles. The lowest BCUT2D eigenvalue weighted by atomic mass is 10.3. The Bertz CT molecular complexity index is 669. The Hall–Kier alpha value is -2.57. The number of anilines is 1. The van der Waals surface area contributed by atoms with Crippen LogP contribution in [0, 0.1) is 12.8 Å². The molecule has 0 bridgehead atoms. The van der Waals surface area contributed by atoms with Crippen molar-refractivity contribution in [3.05, 3.63) is 42.0 Å². The highest BCUT2D eigenvalue weighted by Gasteiger charge is 2.22. The molecule has 7 nitrogen and oxygen atoms in total. The minimum atomic E-state index is -0.274. The molecule has 0 unspecified atom stereocenters. The Labute approximate surface area is 135 Å². The molecule has 0 radical (unpaired) electrons. The number of rotatable bonds is 6. The maximum absolute atomic E-state index is 11.8. The quantitative estimate of drug-likeness (QED) is 0.849. The zero-order chi connectivity index (χ0) is 16.1. The molecule has 1 aliphatic carbocycles. The maximum atomic E-state index is 11.8. The summed E-state index contributed by atoms with van der Waals surface area (Å²) in [5.41, 5.74) is 2.32. The number of carbonyl (C=O) groups is 1. The molecule has 0 aliphatic heterocycles. The van der Waals surface area contributed by atoms with Gasteiger partial charge in [-0.3, -0.25) is 9.97 Å². The summed E-state index contributed by atoms with van der Waals surface area (Å²) in [6, 6.07) is -0.274. The average Bonchev–Trinajstić information content (AvgIpc) is 3.33. The molecule has 2 aromatic rings. The van der Waals surface area contributed by atoms with E-state index >= 15 is 0 Å². The molecule has 0 spiro atoms. The van der Waals surface area contributed by atoms with Crippen LogP contribution in [0.1, 0.15) is 30.1 Å². The van der Waals surface area contributed by atoms with Gasteiger partial charge in [0.25, 0.3) is 0 Å². The first-order chi connectivity index (χ1) is 11.2. The molecule has 3 rings (SSSR count). The molecular weight excluding hydrogens is 292 g/mol. The summed E-state index contributed by atoms with van der Waals surface area (Å²) < 4.78 is 0. The van der Waals surface area contributed by atoms with Crippen molar-refractivity contribution in [2.75, 3.05) is 11.9 Å². The summed E-state index contributed by atoms with van der Waals surface area (Å²) in [5.74, 6) is 1.60. The van der Waals surface area contributed by atoms with Gasteiger partial charge in [-0.25, -0.2) is 14.8 Å². The first-order valence-electron chi connectivity index (χ1n) is 7.82. The molecule has 1 aliphatic rings. The molecule has 7 heteroatoms. The van der Waals surface area contributed by atoms with Crippen molar-refractivity contribution in [2.24, 2.45) is 5.92 Å². The summed E-state index contributed by atoms with van der Waals surface area (Å²) in [4.78, 5) is 28.8. The van der Waals surface area contributed by atoms with Gasteiger partial charge < -0.3 is 10.6 Å². The van der Waals surface area contributed by atoms with E-state index < -0.39 is 0 Å². The van der Waals surface area contributed by atoms with Crippen molar-refractivity contribution in [1.82, 2.24) is 25.3 Å². The average molecular weight is 312 g/mol. The first kappa shape index (κ1) is 15.3. The molecule has 2 N–H and O–H groups in total. The normalized spacial score (nSPS) is 13.6. The Morgan fingerprint density at radius 2 is 2.00 bits per heavy atom. The van der Waals surface area contributed by atoms with Gasteiger partial charge in [0.2, 0.25) is 0 Å². The third-order valence-corrected chi connectivity index (χ3v) is 3.60. The molecule has 1 saturated carbocycles. The van der Waals surface area contributed by atoms with Gasteiger partial charge in [0.1, 0.15) is 5.82 Å². The Morgan fingerprint density at radius 1 is 1.22 bits per heavy atom. The molecule has 0 saturated heterocycles. The minimum absolute atomic E-state index is 0.274. The summed E-state index contributed by atoms with van der Waals surface area (Å²) in [7, 11) is 0. The molecule has 120 valence electrons. The van der Waals surface area contributed by atoms with Gasteiger partial charge in [-0.2, -0.15) is 0 Å². The Balaban J connectivity index is 1.41. The second-order valence-corrected chi connectivity index (χ2v) is 5.82. The summed E-state index contributed by atoms with van der Waals surface area (Å²) in [5, 5.41) is 5.51. The van der Waals surface area contributed by atoms with Crippen LogP contribution in [0.15, 0.2) is 24.8 Å². The Kier molecular flexibility index (Phi) is 4.75. The van der Waals surface area contributed by atoms with Crippen molar-refractivity contribution in [3.8, 4) is 0 Å². The van der Waals surface area contributed by atoms with Gasteiger partial charge in [0, 0.05) is 31.8 Å². The van der Waals surface area contributed by atoms with Gasteiger partial charge in [0.05, 0.1) is 29.5 Å². The van der Waals surface area contributed by atoms with Crippen LogP contribution in [0.2, 0.25) is 0 Å². The number of nitrogens with zero attached hydrogens (tertiary/aromatic N) is 4. The van der Waals surface area contributed by atoms with Gasteiger partial charge in [-0.15, -0.1) is 0 Å². The number of aromatic nitrogens is 4. The van der Waals surface area contributed by atoms with Crippen LogP contribution >= 0.6 is 0 Å². The third-order valence-electron chi connectivity index (χ3n) is 3.60. The lowest BCUT2D eigenvalue weighted by Gasteiger charge is -2.07. The largest absolute Gasteiger partial charge is 0.337 e. The molecule has 0 atom stereocenters. The van der Waals surface area contributed by atoms with E-state index in [9.17, 15) is 4.79 Å². The monoisotopic (exact) mass is 312 g/mol. The predicted molar refractivity (Wildman–Crippen MR) is 86.0 cm³/mol. The minimum Gasteiger partial charge on any atom is -0.337 e. The van der Waals surface area contributed by atoms with Crippen molar-refractivity contribution in [3.63, 3.8) is 0 Å². The zero-order valence-corrected chi connectivity index (χ0v) is 13.1. The highest BCUT2D eigenvalue weighted by molar-refractivity contribution is 5.88. The summed E-state index contributed by atoms with van der Waals surface area (Å²) in [6.07, 6.45) is 10.8. The van der Waals surface area contributed by atoms with E-state index in [4.69, 9.17) is 0 Å². The SMILES string of the molecule is Cc1cncc(CCNC(=O)Nc2cnc(CC3CC3)nc2)n1. The van der Waals surface area contributed by atoms with Crippen molar-refractivity contribution >= 4 is 11.7 Å². The van der Waals surface area contributed by atoms with Crippen LogP contribution in [0.3, 0.4) is 0 Å². The fourth-order valence-corrected chi connectivity index (χ4v) is 2.22. The van der Waals surface area contributed by atoms with Crippen molar-refractivity contribution in [2.45, 2.75) is 32.6 Å². The number of amides is 2. The van der Waals surface area contributed by atoms with Gasteiger partial charge >= 0.3 is 6.03 Å². The van der Waals surface area contributed by atoms with Gasteiger partial charge in [0.15, 0.2) is 0 Å². The number of hydrogen-bond acceptors (Lipinski definition) is 5. The zero-order valence-electron chi connectivity index (χ0n) is 13.1. The fourth-order valence-electron chi connectivity index (χ4n) is 2.22. The number of aryl methyl sites for hydroxylation is 1. The van der Waals surface area contributed by atoms with Crippen LogP contribution in [-0.4, -0.2) is 32.5 Å². The fraction of sp³-hybridized carbons (Fsp3) is 0.438. The van der Waals surface area contributed by atoms with E-state index in [1.807, 2.05) is 6.92 Å². The van der Waals surface area contributed by atoms with Crippen LogP contribution in [0.5, 0.6) is 0 Å². The summed E-state index contributed by atoms with van der Waals surface area (Å²) in [6.45, 7) is 2.38. The number of carbonyl (C=O) groups excluding carboxylic acids is 1. The molecule has 23 heavy (non-hydrogen) atoms. The Morgan fingerprint density at radius 3 is 2.70 bits per heavy atom. The van der Waals surface area contributed by atoms with Crippen LogP contribution in [-0.2, 0) is 12.8 Å². The van der Waals surface area contributed by atoms with Crippen LogP contribution in [0.4, 0.5) is 10.5 Å². The molecular formula is C16H20N6O. The highest BCUT2D eigenvalue weighted by atomic mass is 16.2. The number of nitrogens with one attached hydrogen (secondary N) is 2. The van der Waals surface area contributed by atoms with Crippen LogP contribution < -0.4 is 10.6 Å². The van der Waals surface area contributed by atoms with E-state index in [1.54, 1.807) is 24.8 Å². The van der Waals surface area contributed by atoms with E-state index in [0.29, 0.717) is 18.7 Å². The van der Waals surface area contributed by atoms with Gasteiger partial charge in [-0.05, 0) is 25.7 Å². The first-order valence-corrected chi connectivity index (χ1v) is 7.82. The molecule has 2 heterocycles. The smallest absolute Gasteiger partial charge is 0.319 e.